The number of hydrogen-bond acceptors (Lipinski definition) is 3. The fourth-order valence-electron chi connectivity index (χ4n) is 2.07. The lowest BCUT2D eigenvalue weighted by Crippen LogP contribution is -2.16. The lowest BCUT2D eigenvalue weighted by atomic mass is 9.93. The van der Waals surface area contributed by atoms with Crippen molar-refractivity contribution in [2.24, 2.45) is 11.7 Å². The van der Waals surface area contributed by atoms with Crippen molar-refractivity contribution in [3.8, 4) is 5.75 Å². The molecule has 0 aromatic heterocycles. The molecule has 0 saturated carbocycles. The molecule has 3 nitrogen and oxygen atoms in total. The summed E-state index contributed by atoms with van der Waals surface area (Å²) in [6, 6.07) is 7.64. The zero-order valence-corrected chi connectivity index (χ0v) is 12.2. The zero-order chi connectivity index (χ0) is 14.3. The Balaban J connectivity index is 2.58. The second-order valence-electron chi connectivity index (χ2n) is 5.13. The first-order valence-electron chi connectivity index (χ1n) is 7.07. The standard InChI is InChI=1S/C16H25NO2/c1-4-19-15-10-6-9-14(11-15)16(18)12(2)7-5-8-13(3)17/h6,9-13H,4-5,7-8,17H2,1-3H3. The van der Waals surface area contributed by atoms with Gasteiger partial charge in [0.2, 0.25) is 0 Å². The number of Topliss-reactive ketones (excluding diaryl/α,β-unsaturated/α-hetero) is 1. The van der Waals surface area contributed by atoms with Crippen LogP contribution < -0.4 is 10.5 Å². The molecule has 106 valence electrons. The van der Waals surface area contributed by atoms with E-state index in [9.17, 15) is 4.79 Å². The van der Waals surface area contributed by atoms with Gasteiger partial charge in [0, 0.05) is 17.5 Å². The van der Waals surface area contributed by atoms with Crippen molar-refractivity contribution in [3.63, 3.8) is 0 Å². The van der Waals surface area contributed by atoms with Gasteiger partial charge in [-0.05, 0) is 38.8 Å². The average Bonchev–Trinajstić information content (AvgIpc) is 2.38. The number of hydrogen-bond donors (Lipinski definition) is 1. The molecule has 2 N–H and O–H groups in total. The molecule has 1 aromatic carbocycles. The molecule has 0 aliphatic heterocycles. The van der Waals surface area contributed by atoms with Crippen LogP contribution in [0, 0.1) is 5.92 Å². The summed E-state index contributed by atoms with van der Waals surface area (Å²) < 4.78 is 5.42. The zero-order valence-electron chi connectivity index (χ0n) is 12.2. The molecule has 0 saturated heterocycles. The molecule has 2 unspecified atom stereocenters. The van der Waals surface area contributed by atoms with E-state index in [1.807, 2.05) is 45.0 Å². The Morgan fingerprint density at radius 2 is 2.05 bits per heavy atom. The largest absolute Gasteiger partial charge is 0.494 e. The van der Waals surface area contributed by atoms with Crippen molar-refractivity contribution in [2.45, 2.75) is 46.1 Å². The molecule has 0 heterocycles. The fraction of sp³-hybridized carbons (Fsp3) is 0.562. The number of ether oxygens (including phenoxy) is 1. The van der Waals surface area contributed by atoms with Crippen LogP contribution in [-0.4, -0.2) is 18.4 Å². The first-order chi connectivity index (χ1) is 9.04. The van der Waals surface area contributed by atoms with E-state index >= 15 is 0 Å². The van der Waals surface area contributed by atoms with Crippen LogP contribution in [0.2, 0.25) is 0 Å². The van der Waals surface area contributed by atoms with Crippen LogP contribution in [0.4, 0.5) is 0 Å². The predicted octanol–water partition coefficient (Wildman–Crippen LogP) is 3.42. The molecule has 1 rings (SSSR count). The average molecular weight is 263 g/mol. The van der Waals surface area contributed by atoms with Gasteiger partial charge in [-0.1, -0.05) is 25.5 Å². The Bertz CT molecular complexity index is 401. The highest BCUT2D eigenvalue weighted by Gasteiger charge is 2.15. The van der Waals surface area contributed by atoms with Crippen LogP contribution in [-0.2, 0) is 0 Å². The minimum Gasteiger partial charge on any atom is -0.494 e. The molecule has 0 fully saturated rings. The third-order valence-corrected chi connectivity index (χ3v) is 3.17. The summed E-state index contributed by atoms with van der Waals surface area (Å²) in [6.07, 6.45) is 2.85. The molecule has 0 bridgehead atoms. The Morgan fingerprint density at radius 3 is 2.68 bits per heavy atom. The molecule has 0 amide bonds. The number of nitrogens with two attached hydrogens (primary N) is 1. The van der Waals surface area contributed by atoms with Crippen LogP contribution in [0.15, 0.2) is 24.3 Å². The van der Waals surface area contributed by atoms with Gasteiger partial charge in [-0.25, -0.2) is 0 Å². The monoisotopic (exact) mass is 263 g/mol. The lowest BCUT2D eigenvalue weighted by Gasteiger charge is -2.12. The third kappa shape index (κ3) is 5.43. The first-order valence-corrected chi connectivity index (χ1v) is 7.07. The van der Waals surface area contributed by atoms with E-state index < -0.39 is 0 Å². The van der Waals surface area contributed by atoms with Gasteiger partial charge in [0.25, 0.3) is 0 Å². The molecule has 1 aromatic rings. The molecule has 0 radical (unpaired) electrons. The molecular formula is C16H25NO2. The summed E-state index contributed by atoms with van der Waals surface area (Å²) in [6.45, 7) is 6.53. The van der Waals surface area contributed by atoms with Gasteiger partial charge in [0.1, 0.15) is 5.75 Å². The Hall–Kier alpha value is -1.35. The molecule has 2 atom stereocenters. The van der Waals surface area contributed by atoms with Gasteiger partial charge in [0.05, 0.1) is 6.61 Å². The highest BCUT2D eigenvalue weighted by molar-refractivity contribution is 5.97. The highest BCUT2D eigenvalue weighted by atomic mass is 16.5. The van der Waals surface area contributed by atoms with Crippen LogP contribution in [0.5, 0.6) is 5.75 Å². The summed E-state index contributed by atoms with van der Waals surface area (Å²) in [7, 11) is 0. The quantitative estimate of drug-likeness (QED) is 0.731. The smallest absolute Gasteiger partial charge is 0.165 e. The van der Waals surface area contributed by atoms with Crippen molar-refractivity contribution >= 4 is 5.78 Å². The highest BCUT2D eigenvalue weighted by Crippen LogP contribution is 2.19. The number of rotatable bonds is 8. The summed E-state index contributed by atoms with van der Waals surface area (Å²) in [4.78, 5) is 12.3. The molecule has 0 aliphatic carbocycles. The van der Waals surface area contributed by atoms with E-state index in [2.05, 4.69) is 0 Å². The molecular weight excluding hydrogens is 238 g/mol. The van der Waals surface area contributed by atoms with E-state index in [0.29, 0.717) is 6.61 Å². The summed E-state index contributed by atoms with van der Waals surface area (Å²) in [5.74, 6) is 0.984. The molecule has 0 spiro atoms. The predicted molar refractivity (Wildman–Crippen MR) is 78.6 cm³/mol. The molecule has 0 aliphatic rings. The number of carbonyl (C=O) groups is 1. The second-order valence-corrected chi connectivity index (χ2v) is 5.13. The minimum atomic E-state index is 0.0376. The van der Waals surface area contributed by atoms with Gasteiger partial charge >= 0.3 is 0 Å². The van der Waals surface area contributed by atoms with Gasteiger partial charge in [-0.3, -0.25) is 4.79 Å². The second kappa shape index (κ2) is 7.95. The summed E-state index contributed by atoms with van der Waals surface area (Å²) in [5.41, 5.74) is 6.45. The lowest BCUT2D eigenvalue weighted by molar-refractivity contribution is 0.0921. The topological polar surface area (TPSA) is 52.3 Å². The summed E-state index contributed by atoms with van der Waals surface area (Å²) in [5, 5.41) is 0. The Labute approximate surface area is 116 Å². The Morgan fingerprint density at radius 1 is 1.32 bits per heavy atom. The van der Waals surface area contributed by atoms with Gasteiger partial charge in [0.15, 0.2) is 5.78 Å². The van der Waals surface area contributed by atoms with Crippen molar-refractivity contribution < 1.29 is 9.53 Å². The van der Waals surface area contributed by atoms with Crippen LogP contribution in [0.1, 0.15) is 50.4 Å². The number of benzene rings is 1. The van der Waals surface area contributed by atoms with Gasteiger partial charge in [-0.2, -0.15) is 0 Å². The maximum absolute atomic E-state index is 12.3. The van der Waals surface area contributed by atoms with Crippen molar-refractivity contribution in [1.82, 2.24) is 0 Å². The number of ketones is 1. The maximum Gasteiger partial charge on any atom is 0.165 e. The normalized spacial score (nSPS) is 13.9. The number of carbonyl (C=O) groups excluding carboxylic acids is 1. The van der Waals surface area contributed by atoms with Crippen molar-refractivity contribution in [3.05, 3.63) is 29.8 Å². The Kier molecular flexibility index (Phi) is 6.57. The van der Waals surface area contributed by atoms with Gasteiger partial charge < -0.3 is 10.5 Å². The maximum atomic E-state index is 12.3. The third-order valence-electron chi connectivity index (χ3n) is 3.17. The van der Waals surface area contributed by atoms with Crippen molar-refractivity contribution in [2.75, 3.05) is 6.61 Å². The van der Waals surface area contributed by atoms with E-state index in [-0.39, 0.29) is 17.7 Å². The minimum absolute atomic E-state index is 0.0376. The van der Waals surface area contributed by atoms with Crippen LogP contribution >= 0.6 is 0 Å². The van der Waals surface area contributed by atoms with E-state index in [1.165, 1.54) is 0 Å². The SMILES string of the molecule is CCOc1cccc(C(=O)C(C)CCCC(C)N)c1. The van der Waals surface area contributed by atoms with E-state index in [4.69, 9.17) is 10.5 Å². The first kappa shape index (κ1) is 15.7. The molecule has 3 heteroatoms. The van der Waals surface area contributed by atoms with E-state index in [0.717, 1.165) is 30.6 Å². The molecule has 19 heavy (non-hydrogen) atoms. The van der Waals surface area contributed by atoms with E-state index in [1.54, 1.807) is 0 Å². The fourth-order valence-corrected chi connectivity index (χ4v) is 2.07. The van der Waals surface area contributed by atoms with Gasteiger partial charge in [-0.15, -0.1) is 0 Å². The summed E-state index contributed by atoms with van der Waals surface area (Å²) >= 11 is 0. The van der Waals surface area contributed by atoms with Crippen LogP contribution in [0.3, 0.4) is 0 Å². The van der Waals surface area contributed by atoms with Crippen LogP contribution in [0.25, 0.3) is 0 Å². The van der Waals surface area contributed by atoms with Crippen molar-refractivity contribution in [1.29, 1.82) is 0 Å².